The largest absolute Gasteiger partial charge is 0.467 e. The van der Waals surface area contributed by atoms with Gasteiger partial charge in [-0.1, -0.05) is 6.07 Å². The normalized spacial score (nSPS) is 10.4. The lowest BCUT2D eigenvalue weighted by Gasteiger charge is -2.10. The molecule has 0 amide bonds. The van der Waals surface area contributed by atoms with Gasteiger partial charge in [-0.05, 0) is 38.0 Å². The van der Waals surface area contributed by atoms with Gasteiger partial charge < -0.3 is 10.1 Å². The Morgan fingerprint density at radius 3 is 2.55 bits per heavy atom. The molecule has 0 bridgehead atoms. The van der Waals surface area contributed by atoms with Crippen molar-refractivity contribution in [2.24, 2.45) is 0 Å². The van der Waals surface area contributed by atoms with E-state index >= 15 is 0 Å². The number of benzene rings is 1. The molecule has 20 heavy (non-hydrogen) atoms. The average Bonchev–Trinajstić information content (AvgIpc) is 2.37. The third-order valence-corrected chi connectivity index (χ3v) is 2.79. The Balaban J connectivity index is 2.60. The van der Waals surface area contributed by atoms with Gasteiger partial charge >= 0.3 is 6.01 Å². The van der Waals surface area contributed by atoms with Crippen LogP contribution >= 0.6 is 0 Å². The van der Waals surface area contributed by atoms with Crippen molar-refractivity contribution < 1.29 is 9.13 Å². The molecule has 5 nitrogen and oxygen atoms in total. The summed E-state index contributed by atoms with van der Waals surface area (Å²) in [6, 6.07) is 3.51. The Morgan fingerprint density at radius 1 is 1.20 bits per heavy atom. The van der Waals surface area contributed by atoms with E-state index in [9.17, 15) is 4.39 Å². The van der Waals surface area contributed by atoms with Crippen LogP contribution in [0.25, 0.3) is 11.4 Å². The van der Waals surface area contributed by atoms with Crippen LogP contribution in [0.2, 0.25) is 0 Å². The van der Waals surface area contributed by atoms with Gasteiger partial charge in [-0.3, -0.25) is 0 Å². The van der Waals surface area contributed by atoms with Gasteiger partial charge in [0.1, 0.15) is 5.82 Å². The molecule has 1 aromatic heterocycles. The molecule has 0 unspecified atom stereocenters. The van der Waals surface area contributed by atoms with E-state index in [4.69, 9.17) is 4.74 Å². The van der Waals surface area contributed by atoms with Gasteiger partial charge in [0.15, 0.2) is 5.82 Å². The minimum absolute atomic E-state index is 0.158. The topological polar surface area (TPSA) is 59.9 Å². The molecule has 0 aliphatic rings. The number of hydrogen-bond donors (Lipinski definition) is 1. The Labute approximate surface area is 117 Å². The number of anilines is 1. The summed E-state index contributed by atoms with van der Waals surface area (Å²) in [5.41, 5.74) is 2.00. The molecule has 0 radical (unpaired) electrons. The molecule has 0 atom stereocenters. The van der Waals surface area contributed by atoms with Crippen LogP contribution in [0.1, 0.15) is 18.1 Å². The van der Waals surface area contributed by atoms with Crippen LogP contribution in [0.3, 0.4) is 0 Å². The smallest absolute Gasteiger partial charge is 0.321 e. The van der Waals surface area contributed by atoms with Crippen LogP contribution in [0.5, 0.6) is 6.01 Å². The van der Waals surface area contributed by atoms with Crippen LogP contribution in [-0.4, -0.2) is 28.6 Å². The Kier molecular flexibility index (Phi) is 4.12. The first kappa shape index (κ1) is 14.2. The predicted molar refractivity (Wildman–Crippen MR) is 75.4 cm³/mol. The maximum Gasteiger partial charge on any atom is 0.321 e. The minimum atomic E-state index is -0.349. The fourth-order valence-electron chi connectivity index (χ4n) is 2.00. The quantitative estimate of drug-likeness (QED) is 0.930. The van der Waals surface area contributed by atoms with Gasteiger partial charge in [-0.2, -0.15) is 15.0 Å². The van der Waals surface area contributed by atoms with Gasteiger partial charge in [0.25, 0.3) is 0 Å². The maximum absolute atomic E-state index is 14.2. The monoisotopic (exact) mass is 276 g/mol. The van der Waals surface area contributed by atoms with Crippen LogP contribution in [-0.2, 0) is 0 Å². The van der Waals surface area contributed by atoms with Crippen molar-refractivity contribution in [3.05, 3.63) is 29.1 Å². The van der Waals surface area contributed by atoms with Crippen molar-refractivity contribution in [3.63, 3.8) is 0 Å². The highest BCUT2D eigenvalue weighted by atomic mass is 19.1. The van der Waals surface area contributed by atoms with E-state index in [1.807, 2.05) is 26.8 Å². The van der Waals surface area contributed by atoms with Crippen molar-refractivity contribution >= 4 is 5.95 Å². The molecule has 1 N–H and O–H groups in total. The summed E-state index contributed by atoms with van der Waals surface area (Å²) in [4.78, 5) is 12.4. The van der Waals surface area contributed by atoms with Gasteiger partial charge in [0, 0.05) is 6.54 Å². The molecule has 0 aliphatic heterocycles. The summed E-state index contributed by atoms with van der Waals surface area (Å²) in [7, 11) is 1.47. The molecule has 0 spiro atoms. The zero-order valence-corrected chi connectivity index (χ0v) is 12.0. The summed E-state index contributed by atoms with van der Waals surface area (Å²) in [6.07, 6.45) is 0. The molecule has 106 valence electrons. The highest BCUT2D eigenvalue weighted by Crippen LogP contribution is 2.26. The van der Waals surface area contributed by atoms with Crippen molar-refractivity contribution in [2.75, 3.05) is 19.0 Å². The molecule has 2 aromatic rings. The number of nitrogens with zero attached hydrogens (tertiary/aromatic N) is 3. The molecule has 1 aromatic carbocycles. The van der Waals surface area contributed by atoms with E-state index in [-0.39, 0.29) is 17.7 Å². The van der Waals surface area contributed by atoms with Gasteiger partial charge in [-0.15, -0.1) is 0 Å². The third kappa shape index (κ3) is 2.84. The molecular formula is C14H17FN4O. The van der Waals surface area contributed by atoms with E-state index in [1.54, 1.807) is 0 Å². The summed E-state index contributed by atoms with van der Waals surface area (Å²) in [6.45, 7) is 6.25. The molecule has 0 saturated carbocycles. The van der Waals surface area contributed by atoms with Crippen LogP contribution in [0, 0.1) is 19.7 Å². The number of aryl methyl sites for hydroxylation is 2. The lowest BCUT2D eigenvalue weighted by Crippen LogP contribution is -2.07. The number of ether oxygens (including phenoxy) is 1. The maximum atomic E-state index is 14.2. The molecule has 0 saturated heterocycles. The zero-order valence-electron chi connectivity index (χ0n) is 12.0. The highest BCUT2D eigenvalue weighted by molar-refractivity contribution is 5.62. The van der Waals surface area contributed by atoms with Crippen molar-refractivity contribution in [1.29, 1.82) is 0 Å². The van der Waals surface area contributed by atoms with Gasteiger partial charge in [0.05, 0.1) is 12.7 Å². The van der Waals surface area contributed by atoms with Crippen molar-refractivity contribution in [1.82, 2.24) is 15.0 Å². The summed E-state index contributed by atoms with van der Waals surface area (Å²) in [5.74, 6) is 0.287. The van der Waals surface area contributed by atoms with Gasteiger partial charge in [0.2, 0.25) is 5.95 Å². The number of rotatable bonds is 4. The van der Waals surface area contributed by atoms with E-state index < -0.39 is 0 Å². The fraction of sp³-hybridized carbons (Fsp3) is 0.357. The first-order valence-corrected chi connectivity index (χ1v) is 6.36. The Bertz CT molecular complexity index is 608. The predicted octanol–water partition coefficient (Wildman–Crippen LogP) is 2.73. The second kappa shape index (κ2) is 5.81. The number of halogens is 1. The van der Waals surface area contributed by atoms with Gasteiger partial charge in [-0.25, -0.2) is 4.39 Å². The fourth-order valence-corrected chi connectivity index (χ4v) is 2.00. The second-order valence-corrected chi connectivity index (χ2v) is 4.44. The molecule has 6 heteroatoms. The van der Waals surface area contributed by atoms with Crippen molar-refractivity contribution in [2.45, 2.75) is 20.8 Å². The molecule has 0 fully saturated rings. The summed E-state index contributed by atoms with van der Waals surface area (Å²) < 4.78 is 19.2. The second-order valence-electron chi connectivity index (χ2n) is 4.44. The lowest BCUT2D eigenvalue weighted by atomic mass is 10.0. The number of aromatic nitrogens is 3. The molecule has 1 heterocycles. The lowest BCUT2D eigenvalue weighted by molar-refractivity contribution is 0.379. The summed E-state index contributed by atoms with van der Waals surface area (Å²) in [5, 5.41) is 2.98. The Morgan fingerprint density at radius 2 is 1.95 bits per heavy atom. The molecule has 0 aliphatic carbocycles. The van der Waals surface area contributed by atoms with E-state index in [1.165, 1.54) is 13.2 Å². The third-order valence-electron chi connectivity index (χ3n) is 2.79. The first-order chi connectivity index (χ1) is 9.55. The average molecular weight is 276 g/mol. The van der Waals surface area contributed by atoms with Crippen molar-refractivity contribution in [3.8, 4) is 17.4 Å². The highest BCUT2D eigenvalue weighted by Gasteiger charge is 2.15. The number of methoxy groups -OCH3 is 1. The van der Waals surface area contributed by atoms with Crippen LogP contribution in [0.4, 0.5) is 10.3 Å². The zero-order chi connectivity index (χ0) is 14.7. The SMILES string of the molecule is CCNc1nc(OC)nc(-c2c(C)cc(C)cc2F)n1. The minimum Gasteiger partial charge on any atom is -0.467 e. The first-order valence-electron chi connectivity index (χ1n) is 6.36. The summed E-state index contributed by atoms with van der Waals surface area (Å²) >= 11 is 0. The van der Waals surface area contributed by atoms with E-state index in [2.05, 4.69) is 20.3 Å². The van der Waals surface area contributed by atoms with Crippen LogP contribution in [0.15, 0.2) is 12.1 Å². The number of nitrogens with one attached hydrogen (secondary N) is 1. The van der Waals surface area contributed by atoms with E-state index in [0.29, 0.717) is 18.1 Å². The van der Waals surface area contributed by atoms with E-state index in [0.717, 1.165) is 11.1 Å². The number of hydrogen-bond acceptors (Lipinski definition) is 5. The van der Waals surface area contributed by atoms with Crippen LogP contribution < -0.4 is 10.1 Å². The molecule has 2 rings (SSSR count). The Hall–Kier alpha value is -2.24. The standard InChI is InChI=1S/C14H17FN4O/c1-5-16-13-17-12(18-14(19-13)20-4)11-9(3)6-8(2)7-10(11)15/h6-7H,5H2,1-4H3,(H,16,17,18,19). The molecular weight excluding hydrogens is 259 g/mol.